The number of fused-ring (bicyclic) bond motifs is 1. The molecule has 218 valence electrons. The molecule has 0 spiro atoms. The van der Waals surface area contributed by atoms with Crippen molar-refractivity contribution in [2.24, 2.45) is 24.3 Å². The van der Waals surface area contributed by atoms with Gasteiger partial charge < -0.3 is 15.2 Å². The van der Waals surface area contributed by atoms with Gasteiger partial charge in [0.25, 0.3) is 5.91 Å². The van der Waals surface area contributed by atoms with Crippen molar-refractivity contribution >= 4 is 63.1 Å². The van der Waals surface area contributed by atoms with Gasteiger partial charge in [-0.15, -0.1) is 21.5 Å². The summed E-state index contributed by atoms with van der Waals surface area (Å²) >= 11 is 14.9. The van der Waals surface area contributed by atoms with Crippen LogP contribution in [-0.4, -0.2) is 32.3 Å². The van der Waals surface area contributed by atoms with Crippen molar-refractivity contribution in [3.63, 3.8) is 0 Å². The molecular formula is C29H34Cl2N6O2S2. The molecule has 0 saturated heterocycles. The lowest BCUT2D eigenvalue weighted by Gasteiger charge is -2.33. The standard InChI is InChI=1S/C29H34Cl2N6O2S2/c1-15(2)24(34-26(39)16-7-10-20(30)21(31)11-16)25-35-36-28(37(25)6)40-14-23(38)33-27-19(13-32)18-9-8-17(29(3,4)5)12-22(18)41-27/h7,10-11,15,17,24H,8-9,12,14H2,1-6H3,(H,33,38)(H,34,39)/t17-,24+/m1/s1. The molecule has 0 radical (unpaired) electrons. The second kappa shape index (κ2) is 12.7. The van der Waals surface area contributed by atoms with Gasteiger partial charge >= 0.3 is 0 Å². The van der Waals surface area contributed by atoms with Crippen molar-refractivity contribution in [1.82, 2.24) is 20.1 Å². The molecule has 4 rings (SSSR count). The highest BCUT2D eigenvalue weighted by molar-refractivity contribution is 7.99. The predicted molar refractivity (Wildman–Crippen MR) is 166 cm³/mol. The maximum Gasteiger partial charge on any atom is 0.251 e. The molecule has 2 amide bonds. The van der Waals surface area contributed by atoms with Crippen molar-refractivity contribution in [3.8, 4) is 6.07 Å². The molecule has 2 N–H and O–H groups in total. The molecule has 8 nitrogen and oxygen atoms in total. The Labute approximate surface area is 259 Å². The fourth-order valence-electron chi connectivity index (χ4n) is 4.94. The molecule has 0 aliphatic heterocycles. The van der Waals surface area contributed by atoms with Crippen LogP contribution in [0.2, 0.25) is 10.0 Å². The second-order valence-corrected chi connectivity index (χ2v) is 14.5. The predicted octanol–water partition coefficient (Wildman–Crippen LogP) is 7.06. The third-order valence-corrected chi connectivity index (χ3v) is 10.4. The lowest BCUT2D eigenvalue weighted by Crippen LogP contribution is -2.33. The largest absolute Gasteiger partial charge is 0.342 e. The van der Waals surface area contributed by atoms with Crippen LogP contribution in [0, 0.1) is 28.6 Å². The molecule has 12 heteroatoms. The van der Waals surface area contributed by atoms with E-state index in [1.807, 2.05) is 20.9 Å². The maximum absolute atomic E-state index is 12.9. The molecular weight excluding hydrogens is 599 g/mol. The smallest absolute Gasteiger partial charge is 0.251 e. The molecule has 0 unspecified atom stereocenters. The van der Waals surface area contributed by atoms with Gasteiger partial charge in [0.15, 0.2) is 11.0 Å². The quantitative estimate of drug-likeness (QED) is 0.257. The number of amides is 2. The van der Waals surface area contributed by atoms with Crippen LogP contribution in [0.4, 0.5) is 5.00 Å². The van der Waals surface area contributed by atoms with Gasteiger partial charge in [0.1, 0.15) is 11.1 Å². The Bertz CT molecular complexity index is 1500. The van der Waals surface area contributed by atoms with Crippen molar-refractivity contribution in [3.05, 3.63) is 55.6 Å². The number of nitriles is 1. The minimum absolute atomic E-state index is 0.0120. The van der Waals surface area contributed by atoms with Crippen LogP contribution in [0.25, 0.3) is 0 Å². The Morgan fingerprint density at radius 1 is 1.24 bits per heavy atom. The zero-order valence-corrected chi connectivity index (χ0v) is 27.1. The van der Waals surface area contributed by atoms with Crippen LogP contribution in [0.1, 0.15) is 79.3 Å². The minimum Gasteiger partial charge on any atom is -0.342 e. The van der Waals surface area contributed by atoms with Crippen LogP contribution in [0.3, 0.4) is 0 Å². The minimum atomic E-state index is -0.426. The first kappa shape index (κ1) is 31.4. The molecule has 41 heavy (non-hydrogen) atoms. The molecule has 2 heterocycles. The van der Waals surface area contributed by atoms with E-state index in [4.69, 9.17) is 23.2 Å². The summed E-state index contributed by atoms with van der Waals surface area (Å²) in [5.41, 5.74) is 2.26. The number of carbonyl (C=O) groups is 2. The van der Waals surface area contributed by atoms with E-state index < -0.39 is 6.04 Å². The molecule has 3 aromatic rings. The number of anilines is 1. The monoisotopic (exact) mass is 632 g/mol. The SMILES string of the molecule is CC(C)[C@H](NC(=O)c1ccc(Cl)c(Cl)c1)c1nnc(SCC(=O)Nc2sc3c(c2C#N)CC[C@@H](C(C)(C)C)C3)n1C. The van der Waals surface area contributed by atoms with Gasteiger partial charge in [-0.1, -0.05) is 69.6 Å². The Hall–Kier alpha value is -2.58. The number of thioether (sulfide) groups is 1. The third kappa shape index (κ3) is 7.08. The molecule has 2 aromatic heterocycles. The first-order chi connectivity index (χ1) is 19.3. The topological polar surface area (TPSA) is 113 Å². The van der Waals surface area contributed by atoms with E-state index in [9.17, 15) is 14.9 Å². The van der Waals surface area contributed by atoms with E-state index in [2.05, 4.69) is 47.7 Å². The maximum atomic E-state index is 12.9. The van der Waals surface area contributed by atoms with Crippen LogP contribution >= 0.6 is 46.3 Å². The number of thiophene rings is 1. The Kier molecular flexibility index (Phi) is 9.74. The number of nitrogens with zero attached hydrogens (tertiary/aromatic N) is 4. The van der Waals surface area contributed by atoms with Crippen molar-refractivity contribution < 1.29 is 9.59 Å². The first-order valence-electron chi connectivity index (χ1n) is 13.4. The number of nitrogens with one attached hydrogen (secondary N) is 2. The molecule has 1 aromatic carbocycles. The van der Waals surface area contributed by atoms with Gasteiger partial charge in [-0.3, -0.25) is 9.59 Å². The molecule has 1 aliphatic rings. The fraction of sp³-hybridized carbons (Fsp3) is 0.483. The molecule has 0 fully saturated rings. The van der Waals surface area contributed by atoms with Gasteiger partial charge in [0.2, 0.25) is 5.91 Å². The Morgan fingerprint density at radius 2 is 1.98 bits per heavy atom. The number of hydrogen-bond acceptors (Lipinski definition) is 7. The molecule has 2 atom stereocenters. The molecule has 0 saturated carbocycles. The highest BCUT2D eigenvalue weighted by Gasteiger charge is 2.32. The average Bonchev–Trinajstić information content (AvgIpc) is 3.45. The van der Waals surface area contributed by atoms with E-state index in [1.165, 1.54) is 34.0 Å². The van der Waals surface area contributed by atoms with Crippen molar-refractivity contribution in [2.45, 2.75) is 65.1 Å². The summed E-state index contributed by atoms with van der Waals surface area (Å²) in [7, 11) is 1.81. The highest BCUT2D eigenvalue weighted by Crippen LogP contribution is 2.44. The summed E-state index contributed by atoms with van der Waals surface area (Å²) in [6, 6.07) is 6.61. The van der Waals surface area contributed by atoms with E-state index in [-0.39, 0.29) is 28.9 Å². The number of aromatic nitrogens is 3. The van der Waals surface area contributed by atoms with Crippen molar-refractivity contribution in [2.75, 3.05) is 11.1 Å². The summed E-state index contributed by atoms with van der Waals surface area (Å²) in [5.74, 6) is 0.717. The summed E-state index contributed by atoms with van der Waals surface area (Å²) < 4.78 is 1.79. The summed E-state index contributed by atoms with van der Waals surface area (Å²) in [6.45, 7) is 10.7. The summed E-state index contributed by atoms with van der Waals surface area (Å²) in [5, 5.41) is 26.3. The zero-order chi connectivity index (χ0) is 30.1. The Morgan fingerprint density at radius 3 is 2.61 bits per heavy atom. The van der Waals surface area contributed by atoms with Gasteiger partial charge in [-0.2, -0.15) is 5.26 Å². The average molecular weight is 634 g/mol. The number of carbonyl (C=O) groups excluding carboxylic acids is 2. The van der Waals surface area contributed by atoms with Crippen LogP contribution in [-0.2, 0) is 24.7 Å². The van der Waals surface area contributed by atoms with Gasteiger partial charge in [0, 0.05) is 17.5 Å². The molecule has 1 aliphatic carbocycles. The van der Waals surface area contributed by atoms with Gasteiger partial charge in [-0.25, -0.2) is 0 Å². The number of halogens is 2. The fourth-order valence-corrected chi connectivity index (χ4v) is 7.25. The second-order valence-electron chi connectivity index (χ2n) is 11.7. The number of rotatable bonds is 8. The van der Waals surface area contributed by atoms with E-state index in [1.54, 1.807) is 16.7 Å². The normalized spacial score (nSPS) is 15.8. The van der Waals surface area contributed by atoms with E-state index >= 15 is 0 Å². The summed E-state index contributed by atoms with van der Waals surface area (Å²) in [4.78, 5) is 27.1. The lowest BCUT2D eigenvalue weighted by molar-refractivity contribution is -0.113. The summed E-state index contributed by atoms with van der Waals surface area (Å²) in [6.07, 6.45) is 2.84. The van der Waals surface area contributed by atoms with E-state index in [0.29, 0.717) is 43.1 Å². The van der Waals surface area contributed by atoms with Crippen LogP contribution in [0.5, 0.6) is 0 Å². The van der Waals surface area contributed by atoms with E-state index in [0.717, 1.165) is 24.8 Å². The van der Waals surface area contributed by atoms with Crippen LogP contribution in [0.15, 0.2) is 23.4 Å². The Balaban J connectivity index is 1.42. The lowest BCUT2D eigenvalue weighted by atomic mass is 9.72. The highest BCUT2D eigenvalue weighted by atomic mass is 35.5. The molecule has 0 bridgehead atoms. The third-order valence-electron chi connectivity index (χ3n) is 7.47. The first-order valence-corrected chi connectivity index (χ1v) is 16.0. The van der Waals surface area contributed by atoms with Gasteiger partial charge in [-0.05, 0) is 60.3 Å². The van der Waals surface area contributed by atoms with Gasteiger partial charge in [0.05, 0.1) is 27.4 Å². The van der Waals surface area contributed by atoms with Crippen LogP contribution < -0.4 is 10.6 Å². The number of hydrogen-bond donors (Lipinski definition) is 2. The zero-order valence-electron chi connectivity index (χ0n) is 24.0. The number of benzene rings is 1. The van der Waals surface area contributed by atoms with Crippen molar-refractivity contribution in [1.29, 1.82) is 5.26 Å².